The molecular weight excluding hydrogens is 341 g/mol. The highest BCUT2D eigenvalue weighted by atomic mass is 32.2. The van der Waals surface area contributed by atoms with Crippen LogP contribution in [-0.2, 0) is 4.79 Å². The first-order chi connectivity index (χ1) is 11.6. The predicted octanol–water partition coefficient (Wildman–Crippen LogP) is 5.18. The molecule has 1 saturated heterocycles. The minimum atomic E-state index is -0.466. The van der Waals surface area contributed by atoms with Gasteiger partial charge in [0, 0.05) is 0 Å². The summed E-state index contributed by atoms with van der Waals surface area (Å²) in [6.07, 6.45) is 3.77. The number of benzene rings is 2. The molecule has 1 amide bonds. The zero-order valence-electron chi connectivity index (χ0n) is 12.9. The molecule has 0 saturated carbocycles. The Kier molecular flexibility index (Phi) is 4.92. The van der Waals surface area contributed by atoms with E-state index in [-0.39, 0.29) is 11.6 Å². The minimum absolute atomic E-state index is 0.188. The van der Waals surface area contributed by atoms with Crippen molar-refractivity contribution in [2.24, 2.45) is 0 Å². The summed E-state index contributed by atoms with van der Waals surface area (Å²) in [4.78, 5) is 14.4. The van der Waals surface area contributed by atoms with E-state index in [1.165, 1.54) is 22.7 Å². The minimum Gasteiger partial charge on any atom is -0.268 e. The van der Waals surface area contributed by atoms with Gasteiger partial charge in [-0.15, -0.1) is 0 Å². The van der Waals surface area contributed by atoms with Gasteiger partial charge >= 0.3 is 0 Å². The molecule has 0 aromatic heterocycles. The number of nitrogens with zero attached hydrogens (tertiary/aromatic N) is 1. The molecule has 2 nitrogen and oxygen atoms in total. The molecule has 5 heteroatoms. The van der Waals surface area contributed by atoms with E-state index < -0.39 is 5.82 Å². The van der Waals surface area contributed by atoms with Crippen LogP contribution in [0.2, 0.25) is 0 Å². The van der Waals surface area contributed by atoms with Crippen LogP contribution in [0.5, 0.6) is 0 Å². The monoisotopic (exact) mass is 355 g/mol. The van der Waals surface area contributed by atoms with Gasteiger partial charge in [0.05, 0.1) is 10.6 Å². The average molecular weight is 355 g/mol. The van der Waals surface area contributed by atoms with Gasteiger partial charge < -0.3 is 0 Å². The molecule has 0 radical (unpaired) electrons. The summed E-state index contributed by atoms with van der Waals surface area (Å²) in [5, 5.41) is 0. The van der Waals surface area contributed by atoms with Gasteiger partial charge in [0.2, 0.25) is 0 Å². The third-order valence-electron chi connectivity index (χ3n) is 3.44. The van der Waals surface area contributed by atoms with E-state index >= 15 is 0 Å². The molecule has 2 aromatic rings. The quantitative estimate of drug-likeness (QED) is 0.559. The molecular formula is C19H14FNOS2. The van der Waals surface area contributed by atoms with Crippen LogP contribution in [0.3, 0.4) is 0 Å². The molecule has 1 fully saturated rings. The molecule has 0 unspecified atom stereocenters. The Balaban J connectivity index is 1.89. The van der Waals surface area contributed by atoms with Crippen molar-refractivity contribution in [2.75, 3.05) is 4.90 Å². The Morgan fingerprint density at radius 2 is 1.79 bits per heavy atom. The number of thioether (sulfide) groups is 1. The van der Waals surface area contributed by atoms with Crippen LogP contribution < -0.4 is 4.90 Å². The molecule has 24 heavy (non-hydrogen) atoms. The van der Waals surface area contributed by atoms with Crippen LogP contribution >= 0.6 is 24.0 Å². The summed E-state index contributed by atoms with van der Waals surface area (Å²) in [7, 11) is 0. The normalized spacial score (nSPS) is 17.0. The number of halogens is 1. The summed E-state index contributed by atoms with van der Waals surface area (Å²) < 4.78 is 14.3. The first kappa shape index (κ1) is 16.6. The van der Waals surface area contributed by atoms with Gasteiger partial charge in [-0.25, -0.2) is 4.39 Å². The maximum atomic E-state index is 14.0. The number of anilines is 1. The van der Waals surface area contributed by atoms with Crippen molar-refractivity contribution in [3.8, 4) is 0 Å². The lowest BCUT2D eigenvalue weighted by molar-refractivity contribution is -0.113. The van der Waals surface area contributed by atoms with E-state index in [1.807, 2.05) is 43.3 Å². The molecule has 1 aliphatic heterocycles. The van der Waals surface area contributed by atoms with E-state index in [2.05, 4.69) is 0 Å². The van der Waals surface area contributed by atoms with E-state index in [0.29, 0.717) is 9.23 Å². The zero-order chi connectivity index (χ0) is 17.1. The van der Waals surface area contributed by atoms with Crippen LogP contribution in [0.15, 0.2) is 71.2 Å². The van der Waals surface area contributed by atoms with E-state index in [1.54, 1.807) is 24.3 Å². The molecule has 1 aliphatic rings. The third kappa shape index (κ3) is 3.47. The van der Waals surface area contributed by atoms with E-state index in [0.717, 1.165) is 11.1 Å². The molecule has 0 N–H and O–H groups in total. The Bertz CT molecular complexity index is 859. The zero-order valence-corrected chi connectivity index (χ0v) is 14.5. The van der Waals surface area contributed by atoms with Crippen molar-refractivity contribution in [3.05, 3.63) is 82.5 Å². The highest BCUT2D eigenvalue weighted by Gasteiger charge is 2.34. The largest absolute Gasteiger partial charge is 0.270 e. The highest BCUT2D eigenvalue weighted by Crippen LogP contribution is 2.36. The van der Waals surface area contributed by atoms with Crippen molar-refractivity contribution in [2.45, 2.75) is 6.92 Å². The molecule has 120 valence electrons. The number of hydrogen-bond acceptors (Lipinski definition) is 3. The Labute approximate surface area is 149 Å². The van der Waals surface area contributed by atoms with E-state index in [9.17, 15) is 9.18 Å². The summed E-state index contributed by atoms with van der Waals surface area (Å²) in [6, 6.07) is 16.0. The predicted molar refractivity (Wildman–Crippen MR) is 102 cm³/mol. The maximum Gasteiger partial charge on any atom is 0.270 e. The van der Waals surface area contributed by atoms with E-state index in [4.69, 9.17) is 12.2 Å². The van der Waals surface area contributed by atoms with Gasteiger partial charge in [-0.2, -0.15) is 0 Å². The number of allylic oxidation sites excluding steroid dienone is 2. The van der Waals surface area contributed by atoms with Gasteiger partial charge in [0.1, 0.15) is 5.82 Å². The molecule has 2 aromatic carbocycles. The molecule has 3 rings (SSSR count). The van der Waals surface area contributed by atoms with Crippen molar-refractivity contribution in [1.29, 1.82) is 0 Å². The molecule has 0 bridgehead atoms. The fourth-order valence-corrected chi connectivity index (χ4v) is 3.70. The van der Waals surface area contributed by atoms with Crippen LogP contribution in [0.25, 0.3) is 6.08 Å². The number of para-hydroxylation sites is 1. The fraction of sp³-hybridized carbons (Fsp3) is 0.0526. The maximum absolute atomic E-state index is 14.0. The standard InChI is InChI=1S/C19H14FNOS2/c1-13(11-14-7-3-2-4-8-14)12-17-18(22)21(19(23)24-17)16-10-6-5-9-15(16)20/h2-12H,1H3/b13-11-,17-12-. The lowest BCUT2D eigenvalue weighted by atomic mass is 10.1. The second kappa shape index (κ2) is 7.11. The molecule has 0 atom stereocenters. The number of amides is 1. The van der Waals surface area contributed by atoms with Gasteiger partial charge in [-0.05, 0) is 36.3 Å². The number of rotatable bonds is 3. The fourth-order valence-electron chi connectivity index (χ4n) is 2.37. The molecule has 0 spiro atoms. The van der Waals surface area contributed by atoms with Crippen molar-refractivity contribution >= 4 is 46.0 Å². The van der Waals surface area contributed by atoms with Crippen molar-refractivity contribution < 1.29 is 9.18 Å². The summed E-state index contributed by atoms with van der Waals surface area (Å²) in [5.74, 6) is -0.762. The number of carbonyl (C=O) groups is 1. The van der Waals surface area contributed by atoms with Crippen molar-refractivity contribution in [1.82, 2.24) is 0 Å². The van der Waals surface area contributed by atoms with Crippen molar-refractivity contribution in [3.63, 3.8) is 0 Å². The molecule has 1 heterocycles. The Morgan fingerprint density at radius 3 is 2.50 bits per heavy atom. The van der Waals surface area contributed by atoms with Gasteiger partial charge in [0.15, 0.2) is 4.32 Å². The first-order valence-corrected chi connectivity index (χ1v) is 8.54. The second-order valence-electron chi connectivity index (χ2n) is 5.27. The summed E-state index contributed by atoms with van der Waals surface area (Å²) >= 11 is 6.45. The smallest absolute Gasteiger partial charge is 0.268 e. The Hall–Kier alpha value is -2.24. The van der Waals surface area contributed by atoms with Gasteiger partial charge in [-0.1, -0.05) is 72.5 Å². The lowest BCUT2D eigenvalue weighted by Crippen LogP contribution is -2.28. The van der Waals surface area contributed by atoms with Gasteiger partial charge in [-0.3, -0.25) is 9.69 Å². The van der Waals surface area contributed by atoms with Crippen LogP contribution in [0.1, 0.15) is 12.5 Å². The summed E-state index contributed by atoms with van der Waals surface area (Å²) in [6.45, 7) is 1.92. The SMILES string of the molecule is CC(=C/c1ccccc1)/C=C1\SC(=S)N(c2ccccc2F)C1=O. The lowest BCUT2D eigenvalue weighted by Gasteiger charge is -2.14. The number of thiocarbonyl (C=S) groups is 1. The first-order valence-electron chi connectivity index (χ1n) is 7.32. The second-order valence-corrected chi connectivity index (χ2v) is 6.94. The Morgan fingerprint density at radius 1 is 1.12 bits per heavy atom. The topological polar surface area (TPSA) is 20.3 Å². The van der Waals surface area contributed by atoms with Crippen LogP contribution in [0, 0.1) is 5.82 Å². The highest BCUT2D eigenvalue weighted by molar-refractivity contribution is 8.27. The average Bonchev–Trinajstić information content (AvgIpc) is 2.83. The van der Waals surface area contributed by atoms with Gasteiger partial charge in [0.25, 0.3) is 5.91 Å². The number of carbonyl (C=O) groups excluding carboxylic acids is 1. The van der Waals surface area contributed by atoms with Crippen LogP contribution in [0.4, 0.5) is 10.1 Å². The summed E-state index contributed by atoms with van der Waals surface area (Å²) in [5.41, 5.74) is 2.17. The third-order valence-corrected chi connectivity index (χ3v) is 4.74. The molecule has 0 aliphatic carbocycles. The van der Waals surface area contributed by atoms with Crippen LogP contribution in [-0.4, -0.2) is 10.2 Å². The number of hydrogen-bond donors (Lipinski definition) is 0.